The summed E-state index contributed by atoms with van der Waals surface area (Å²) in [6.45, 7) is 12.0. The summed E-state index contributed by atoms with van der Waals surface area (Å²) in [6, 6.07) is 4.95. The lowest BCUT2D eigenvalue weighted by Gasteiger charge is -2.28. The van der Waals surface area contributed by atoms with E-state index in [0.29, 0.717) is 6.04 Å². The highest BCUT2D eigenvalue weighted by atomic mass is 15.2. The predicted molar refractivity (Wildman–Crippen MR) is 88.5 cm³/mol. The molecule has 3 nitrogen and oxygen atoms in total. The van der Waals surface area contributed by atoms with Crippen molar-refractivity contribution in [3.05, 3.63) is 23.4 Å². The zero-order valence-electron chi connectivity index (χ0n) is 14.2. The molecule has 0 aromatic carbocycles. The molecule has 1 rings (SSSR count). The van der Waals surface area contributed by atoms with Crippen molar-refractivity contribution in [2.75, 3.05) is 19.0 Å². The van der Waals surface area contributed by atoms with Crippen molar-refractivity contribution in [1.82, 2.24) is 10.3 Å². The SMILES string of the molecule is CCCC(C)N(C)c1cc(CNC)cc(C(C)(C)C)n1. The standard InChI is InChI=1S/C17H31N3/c1-8-9-13(2)20(7)16-11-14(12-18-6)10-15(19-16)17(3,4)5/h10-11,13,18H,8-9,12H2,1-7H3. The van der Waals surface area contributed by atoms with E-state index in [9.17, 15) is 0 Å². The Morgan fingerprint density at radius 3 is 2.45 bits per heavy atom. The average molecular weight is 277 g/mol. The van der Waals surface area contributed by atoms with Crippen molar-refractivity contribution in [3.63, 3.8) is 0 Å². The lowest BCUT2D eigenvalue weighted by molar-refractivity contribution is 0.560. The van der Waals surface area contributed by atoms with Crippen LogP contribution in [0.15, 0.2) is 12.1 Å². The second-order valence-corrected chi connectivity index (χ2v) is 6.75. The van der Waals surface area contributed by atoms with Gasteiger partial charge in [-0.2, -0.15) is 0 Å². The van der Waals surface area contributed by atoms with Crippen LogP contribution in [0.4, 0.5) is 5.82 Å². The molecular formula is C17H31N3. The van der Waals surface area contributed by atoms with Gasteiger partial charge in [0.25, 0.3) is 0 Å². The van der Waals surface area contributed by atoms with Gasteiger partial charge < -0.3 is 10.2 Å². The van der Waals surface area contributed by atoms with Gasteiger partial charge in [0.05, 0.1) is 0 Å². The summed E-state index contributed by atoms with van der Waals surface area (Å²) in [6.07, 6.45) is 2.40. The Hall–Kier alpha value is -1.09. The van der Waals surface area contributed by atoms with Crippen molar-refractivity contribution in [1.29, 1.82) is 0 Å². The van der Waals surface area contributed by atoms with Gasteiger partial charge in [0.2, 0.25) is 0 Å². The molecule has 0 aliphatic rings. The molecule has 0 saturated heterocycles. The molecule has 0 bridgehead atoms. The fraction of sp³-hybridized carbons (Fsp3) is 0.706. The summed E-state index contributed by atoms with van der Waals surface area (Å²) in [7, 11) is 4.14. The first-order valence-electron chi connectivity index (χ1n) is 7.68. The molecular weight excluding hydrogens is 246 g/mol. The molecule has 0 amide bonds. The quantitative estimate of drug-likeness (QED) is 0.859. The molecule has 0 saturated carbocycles. The number of rotatable bonds is 6. The molecule has 20 heavy (non-hydrogen) atoms. The lowest BCUT2D eigenvalue weighted by atomic mass is 9.90. The van der Waals surface area contributed by atoms with E-state index >= 15 is 0 Å². The van der Waals surface area contributed by atoms with Crippen LogP contribution in [-0.2, 0) is 12.0 Å². The van der Waals surface area contributed by atoms with Crippen LogP contribution in [0.3, 0.4) is 0 Å². The summed E-state index contributed by atoms with van der Waals surface area (Å²) in [5.41, 5.74) is 2.54. The Bertz CT molecular complexity index is 421. The molecule has 0 radical (unpaired) electrons. The fourth-order valence-electron chi connectivity index (χ4n) is 2.28. The number of hydrogen-bond donors (Lipinski definition) is 1. The molecule has 1 unspecified atom stereocenters. The number of aromatic nitrogens is 1. The largest absolute Gasteiger partial charge is 0.357 e. The first-order chi connectivity index (χ1) is 9.29. The minimum absolute atomic E-state index is 0.0767. The molecule has 1 aromatic rings. The van der Waals surface area contributed by atoms with Crippen LogP contribution in [0.5, 0.6) is 0 Å². The van der Waals surface area contributed by atoms with Crippen LogP contribution in [0.1, 0.15) is 58.7 Å². The van der Waals surface area contributed by atoms with Gasteiger partial charge >= 0.3 is 0 Å². The van der Waals surface area contributed by atoms with E-state index in [2.05, 4.69) is 64.0 Å². The first kappa shape index (κ1) is 17.0. The second kappa shape index (κ2) is 7.07. The summed E-state index contributed by atoms with van der Waals surface area (Å²) >= 11 is 0. The molecule has 0 spiro atoms. The molecule has 1 N–H and O–H groups in total. The van der Waals surface area contributed by atoms with Crippen molar-refractivity contribution < 1.29 is 0 Å². The van der Waals surface area contributed by atoms with Gasteiger partial charge in [0, 0.05) is 30.7 Å². The summed E-state index contributed by atoms with van der Waals surface area (Å²) in [5, 5.41) is 3.24. The van der Waals surface area contributed by atoms with Gasteiger partial charge in [-0.1, -0.05) is 34.1 Å². The molecule has 0 fully saturated rings. The Kier molecular flexibility index (Phi) is 6.00. The van der Waals surface area contributed by atoms with Gasteiger partial charge in [0.1, 0.15) is 5.82 Å². The topological polar surface area (TPSA) is 28.2 Å². The number of pyridine rings is 1. The van der Waals surface area contributed by atoms with Crippen LogP contribution in [0, 0.1) is 0 Å². The Morgan fingerprint density at radius 2 is 1.95 bits per heavy atom. The molecule has 114 valence electrons. The van der Waals surface area contributed by atoms with E-state index in [-0.39, 0.29) is 5.41 Å². The highest BCUT2D eigenvalue weighted by molar-refractivity contribution is 5.44. The van der Waals surface area contributed by atoms with Crippen LogP contribution in [0.2, 0.25) is 0 Å². The van der Waals surface area contributed by atoms with Crippen molar-refractivity contribution >= 4 is 5.82 Å². The summed E-state index contributed by atoms with van der Waals surface area (Å²) in [4.78, 5) is 7.19. The average Bonchev–Trinajstić information content (AvgIpc) is 2.37. The van der Waals surface area contributed by atoms with Crippen LogP contribution in [-0.4, -0.2) is 25.1 Å². The molecule has 0 aliphatic carbocycles. The maximum atomic E-state index is 4.89. The van der Waals surface area contributed by atoms with Gasteiger partial charge in [-0.15, -0.1) is 0 Å². The number of anilines is 1. The second-order valence-electron chi connectivity index (χ2n) is 6.75. The van der Waals surface area contributed by atoms with E-state index in [1.807, 2.05) is 7.05 Å². The molecule has 1 atom stereocenters. The molecule has 3 heteroatoms. The number of nitrogens with one attached hydrogen (secondary N) is 1. The maximum absolute atomic E-state index is 4.89. The monoisotopic (exact) mass is 277 g/mol. The van der Waals surface area contributed by atoms with Gasteiger partial charge in [-0.25, -0.2) is 4.98 Å². The number of hydrogen-bond acceptors (Lipinski definition) is 3. The summed E-state index contributed by atoms with van der Waals surface area (Å²) < 4.78 is 0. The van der Waals surface area contributed by atoms with Crippen LogP contribution >= 0.6 is 0 Å². The first-order valence-corrected chi connectivity index (χ1v) is 7.68. The zero-order valence-corrected chi connectivity index (χ0v) is 14.2. The van der Waals surface area contributed by atoms with E-state index < -0.39 is 0 Å². The minimum Gasteiger partial charge on any atom is -0.357 e. The van der Waals surface area contributed by atoms with Crippen LogP contribution < -0.4 is 10.2 Å². The third kappa shape index (κ3) is 4.48. The molecule has 1 heterocycles. The molecule has 0 aliphatic heterocycles. The fourth-order valence-corrected chi connectivity index (χ4v) is 2.28. The van der Waals surface area contributed by atoms with Crippen molar-refractivity contribution in [2.24, 2.45) is 0 Å². The third-order valence-corrected chi connectivity index (χ3v) is 3.75. The van der Waals surface area contributed by atoms with E-state index in [4.69, 9.17) is 4.98 Å². The highest BCUT2D eigenvalue weighted by Crippen LogP contribution is 2.25. The minimum atomic E-state index is 0.0767. The Labute approximate surface area is 124 Å². The van der Waals surface area contributed by atoms with E-state index in [1.54, 1.807) is 0 Å². The highest BCUT2D eigenvalue weighted by Gasteiger charge is 2.19. The Morgan fingerprint density at radius 1 is 1.30 bits per heavy atom. The zero-order chi connectivity index (χ0) is 15.3. The van der Waals surface area contributed by atoms with Crippen molar-refractivity contribution in [3.8, 4) is 0 Å². The maximum Gasteiger partial charge on any atom is 0.129 e. The normalized spacial score (nSPS) is 13.3. The molecule has 1 aromatic heterocycles. The summed E-state index contributed by atoms with van der Waals surface area (Å²) in [5.74, 6) is 1.09. The van der Waals surface area contributed by atoms with Gasteiger partial charge in [-0.05, 0) is 38.1 Å². The van der Waals surface area contributed by atoms with E-state index in [1.165, 1.54) is 18.4 Å². The van der Waals surface area contributed by atoms with Gasteiger partial charge in [-0.3, -0.25) is 0 Å². The smallest absolute Gasteiger partial charge is 0.129 e. The van der Waals surface area contributed by atoms with Gasteiger partial charge in [0.15, 0.2) is 0 Å². The third-order valence-electron chi connectivity index (χ3n) is 3.75. The van der Waals surface area contributed by atoms with E-state index in [0.717, 1.165) is 18.1 Å². The predicted octanol–water partition coefficient (Wildman–Crippen LogP) is 3.72. The van der Waals surface area contributed by atoms with Crippen LogP contribution in [0.25, 0.3) is 0 Å². The Balaban J connectivity index is 3.14. The number of nitrogens with zero attached hydrogens (tertiary/aromatic N) is 2. The lowest BCUT2D eigenvalue weighted by Crippen LogP contribution is -2.30. The van der Waals surface area contributed by atoms with Crippen molar-refractivity contribution in [2.45, 2.75) is 65.5 Å².